The first-order chi connectivity index (χ1) is 7.72. The molecule has 0 atom stereocenters. The van der Waals surface area contributed by atoms with Crippen LogP contribution in [0.2, 0.25) is 0 Å². The molecule has 0 saturated heterocycles. The SMILES string of the molecule is CC.COc1cc2ncnc(C)c2cc1Br. The fourth-order valence-corrected chi connectivity index (χ4v) is 1.85. The normalized spacial score (nSPS) is 9.56. The largest absolute Gasteiger partial charge is 0.495 e. The molecule has 3 nitrogen and oxygen atoms in total. The van der Waals surface area contributed by atoms with E-state index in [0.717, 1.165) is 26.8 Å². The van der Waals surface area contributed by atoms with Gasteiger partial charge in [-0.3, -0.25) is 0 Å². The standard InChI is InChI=1S/C10H9BrN2O.C2H6/c1-6-7-3-8(11)10(14-2)4-9(7)13-5-12-6;1-2/h3-5H,1-2H3;1-2H3. The van der Waals surface area contributed by atoms with Crippen molar-refractivity contribution in [3.63, 3.8) is 0 Å². The summed E-state index contributed by atoms with van der Waals surface area (Å²) >= 11 is 3.43. The van der Waals surface area contributed by atoms with Gasteiger partial charge in [-0.05, 0) is 28.9 Å². The highest BCUT2D eigenvalue weighted by molar-refractivity contribution is 9.10. The van der Waals surface area contributed by atoms with Crippen molar-refractivity contribution in [1.82, 2.24) is 9.97 Å². The lowest BCUT2D eigenvalue weighted by Crippen LogP contribution is -1.90. The maximum absolute atomic E-state index is 5.19. The second kappa shape index (κ2) is 5.80. The highest BCUT2D eigenvalue weighted by Crippen LogP contribution is 2.29. The summed E-state index contributed by atoms with van der Waals surface area (Å²) < 4.78 is 6.11. The molecule has 1 aromatic carbocycles. The van der Waals surface area contributed by atoms with Gasteiger partial charge < -0.3 is 4.74 Å². The molecular weight excluding hydrogens is 268 g/mol. The third-order valence-corrected chi connectivity index (χ3v) is 2.73. The summed E-state index contributed by atoms with van der Waals surface area (Å²) in [5, 5.41) is 1.04. The third-order valence-electron chi connectivity index (χ3n) is 2.11. The van der Waals surface area contributed by atoms with Gasteiger partial charge in [0.15, 0.2) is 0 Å². The van der Waals surface area contributed by atoms with Crippen molar-refractivity contribution in [2.24, 2.45) is 0 Å². The van der Waals surface area contributed by atoms with Crippen LogP contribution in [0, 0.1) is 6.92 Å². The van der Waals surface area contributed by atoms with E-state index in [2.05, 4.69) is 25.9 Å². The molecule has 0 aliphatic rings. The number of hydrogen-bond acceptors (Lipinski definition) is 3. The molecule has 1 heterocycles. The average Bonchev–Trinajstić information content (AvgIpc) is 2.32. The highest BCUT2D eigenvalue weighted by atomic mass is 79.9. The lowest BCUT2D eigenvalue weighted by atomic mass is 10.2. The second-order valence-electron chi connectivity index (χ2n) is 2.96. The Hall–Kier alpha value is -1.16. The van der Waals surface area contributed by atoms with Gasteiger partial charge in [0.1, 0.15) is 12.1 Å². The Morgan fingerprint density at radius 1 is 1.19 bits per heavy atom. The molecule has 0 amide bonds. The number of hydrogen-bond donors (Lipinski definition) is 0. The molecular formula is C12H15BrN2O. The number of aromatic nitrogens is 2. The number of halogens is 1. The van der Waals surface area contributed by atoms with Gasteiger partial charge in [-0.1, -0.05) is 13.8 Å². The van der Waals surface area contributed by atoms with Crippen LogP contribution in [0.3, 0.4) is 0 Å². The Bertz CT molecular complexity index is 486. The van der Waals surface area contributed by atoms with Crippen LogP contribution in [0.15, 0.2) is 22.9 Å². The molecule has 4 heteroatoms. The van der Waals surface area contributed by atoms with Crippen molar-refractivity contribution >= 4 is 26.8 Å². The Morgan fingerprint density at radius 2 is 1.88 bits per heavy atom. The molecule has 86 valence electrons. The summed E-state index contributed by atoms with van der Waals surface area (Å²) in [5.41, 5.74) is 1.87. The molecule has 0 unspecified atom stereocenters. The summed E-state index contributed by atoms with van der Waals surface area (Å²) in [6, 6.07) is 3.87. The first-order valence-corrected chi connectivity index (χ1v) is 5.96. The van der Waals surface area contributed by atoms with Gasteiger partial charge in [0.2, 0.25) is 0 Å². The van der Waals surface area contributed by atoms with Crippen molar-refractivity contribution in [2.45, 2.75) is 20.8 Å². The third kappa shape index (κ3) is 2.50. The molecule has 2 aromatic rings. The van der Waals surface area contributed by atoms with Gasteiger partial charge >= 0.3 is 0 Å². The maximum Gasteiger partial charge on any atom is 0.135 e. The van der Waals surface area contributed by atoms with Gasteiger partial charge in [0.25, 0.3) is 0 Å². The van der Waals surface area contributed by atoms with Gasteiger partial charge in [-0.2, -0.15) is 0 Å². The van der Waals surface area contributed by atoms with E-state index in [9.17, 15) is 0 Å². The smallest absolute Gasteiger partial charge is 0.135 e. The van der Waals surface area contributed by atoms with Crippen molar-refractivity contribution in [3.8, 4) is 5.75 Å². The Morgan fingerprint density at radius 3 is 2.50 bits per heavy atom. The van der Waals surface area contributed by atoms with E-state index in [1.807, 2.05) is 32.9 Å². The second-order valence-corrected chi connectivity index (χ2v) is 3.82. The van der Waals surface area contributed by atoms with Crippen LogP contribution in [0.25, 0.3) is 10.9 Å². The maximum atomic E-state index is 5.19. The van der Waals surface area contributed by atoms with Crippen molar-refractivity contribution < 1.29 is 4.74 Å². The van der Waals surface area contributed by atoms with Crippen LogP contribution in [0.5, 0.6) is 5.75 Å². The zero-order valence-corrected chi connectivity index (χ0v) is 11.5. The van der Waals surface area contributed by atoms with Crippen LogP contribution in [-0.2, 0) is 0 Å². The monoisotopic (exact) mass is 282 g/mol. The van der Waals surface area contributed by atoms with Crippen LogP contribution in [0.4, 0.5) is 0 Å². The van der Waals surface area contributed by atoms with E-state index < -0.39 is 0 Å². The summed E-state index contributed by atoms with van der Waals surface area (Å²) in [6.07, 6.45) is 1.56. The number of ether oxygens (including phenoxy) is 1. The van der Waals surface area contributed by atoms with Gasteiger partial charge in [0, 0.05) is 17.1 Å². The molecule has 0 aliphatic carbocycles. The zero-order valence-electron chi connectivity index (χ0n) is 9.91. The number of aryl methyl sites for hydroxylation is 1. The van der Waals surface area contributed by atoms with E-state index in [4.69, 9.17) is 4.74 Å². The minimum atomic E-state index is 0.788. The molecule has 16 heavy (non-hydrogen) atoms. The Labute approximate surface area is 104 Å². The van der Waals surface area contributed by atoms with Crippen LogP contribution >= 0.6 is 15.9 Å². The molecule has 0 aliphatic heterocycles. The average molecular weight is 283 g/mol. The lowest BCUT2D eigenvalue weighted by Gasteiger charge is -2.05. The van der Waals surface area contributed by atoms with E-state index in [-0.39, 0.29) is 0 Å². The fourth-order valence-electron chi connectivity index (χ4n) is 1.34. The molecule has 0 saturated carbocycles. The molecule has 1 aromatic heterocycles. The molecule has 0 spiro atoms. The minimum Gasteiger partial charge on any atom is -0.495 e. The molecule has 0 radical (unpaired) electrons. The van der Waals surface area contributed by atoms with Crippen molar-refractivity contribution in [3.05, 3.63) is 28.6 Å². The number of methoxy groups -OCH3 is 1. The fraction of sp³-hybridized carbons (Fsp3) is 0.333. The first kappa shape index (κ1) is 12.9. The van der Waals surface area contributed by atoms with Crippen molar-refractivity contribution in [1.29, 1.82) is 0 Å². The molecule has 2 rings (SSSR count). The van der Waals surface area contributed by atoms with E-state index >= 15 is 0 Å². The quantitative estimate of drug-likeness (QED) is 0.799. The summed E-state index contributed by atoms with van der Waals surface area (Å²) in [4.78, 5) is 8.31. The van der Waals surface area contributed by atoms with E-state index in [1.165, 1.54) is 0 Å². The molecule has 0 fully saturated rings. The van der Waals surface area contributed by atoms with E-state index in [1.54, 1.807) is 13.4 Å². The van der Waals surface area contributed by atoms with Crippen LogP contribution in [-0.4, -0.2) is 17.1 Å². The summed E-state index contributed by atoms with van der Waals surface area (Å²) in [5.74, 6) is 0.788. The first-order valence-electron chi connectivity index (χ1n) is 5.17. The predicted molar refractivity (Wildman–Crippen MR) is 69.9 cm³/mol. The molecule has 0 N–H and O–H groups in total. The number of benzene rings is 1. The molecule has 0 bridgehead atoms. The van der Waals surface area contributed by atoms with Crippen LogP contribution in [0.1, 0.15) is 19.5 Å². The van der Waals surface area contributed by atoms with Crippen molar-refractivity contribution in [2.75, 3.05) is 7.11 Å². The predicted octanol–water partition coefficient (Wildman–Crippen LogP) is 3.74. The lowest BCUT2D eigenvalue weighted by molar-refractivity contribution is 0.412. The number of fused-ring (bicyclic) bond motifs is 1. The van der Waals surface area contributed by atoms with Gasteiger partial charge in [-0.15, -0.1) is 0 Å². The zero-order chi connectivity index (χ0) is 12.1. The van der Waals surface area contributed by atoms with Crippen LogP contribution < -0.4 is 4.74 Å². The van der Waals surface area contributed by atoms with Gasteiger partial charge in [0.05, 0.1) is 17.1 Å². The summed E-state index contributed by atoms with van der Waals surface area (Å²) in [7, 11) is 1.64. The minimum absolute atomic E-state index is 0.788. The van der Waals surface area contributed by atoms with Gasteiger partial charge in [-0.25, -0.2) is 9.97 Å². The number of rotatable bonds is 1. The Balaban J connectivity index is 0.000000606. The highest BCUT2D eigenvalue weighted by Gasteiger charge is 2.05. The summed E-state index contributed by atoms with van der Waals surface area (Å²) in [6.45, 7) is 5.96. The topological polar surface area (TPSA) is 35.0 Å². The number of nitrogens with zero attached hydrogens (tertiary/aromatic N) is 2. The van der Waals surface area contributed by atoms with E-state index in [0.29, 0.717) is 0 Å². The Kier molecular flexibility index (Phi) is 4.68.